The smallest absolute Gasteiger partial charge is 0.248 e. The SMILES string of the molecule is NC(=O)c1ccc(NC(=O)C2CC2c2ccco2)c(F)c1. The van der Waals surface area contributed by atoms with Crippen molar-refractivity contribution >= 4 is 17.5 Å². The van der Waals surface area contributed by atoms with Crippen molar-refractivity contribution < 1.29 is 18.4 Å². The second-order valence-electron chi connectivity index (χ2n) is 5.01. The van der Waals surface area contributed by atoms with Crippen LogP contribution >= 0.6 is 0 Å². The molecule has 1 aromatic carbocycles. The molecule has 3 rings (SSSR count). The highest BCUT2D eigenvalue weighted by molar-refractivity contribution is 5.97. The summed E-state index contributed by atoms with van der Waals surface area (Å²) in [6, 6.07) is 7.30. The van der Waals surface area contributed by atoms with E-state index in [9.17, 15) is 14.0 Å². The number of halogens is 1. The lowest BCUT2D eigenvalue weighted by Crippen LogP contribution is -2.16. The molecule has 2 atom stereocenters. The second kappa shape index (κ2) is 5.05. The van der Waals surface area contributed by atoms with Gasteiger partial charge in [0, 0.05) is 17.4 Å². The number of nitrogens with one attached hydrogen (secondary N) is 1. The van der Waals surface area contributed by atoms with Crippen LogP contribution in [0.5, 0.6) is 0 Å². The van der Waals surface area contributed by atoms with Crippen LogP contribution in [0.1, 0.15) is 28.5 Å². The number of nitrogens with two attached hydrogens (primary N) is 1. The zero-order valence-electron chi connectivity index (χ0n) is 11.0. The predicted octanol–water partition coefficient (Wildman–Crippen LogP) is 2.26. The van der Waals surface area contributed by atoms with Gasteiger partial charge >= 0.3 is 0 Å². The lowest BCUT2D eigenvalue weighted by molar-refractivity contribution is -0.117. The van der Waals surface area contributed by atoms with Gasteiger partial charge in [-0.1, -0.05) is 0 Å². The Kier molecular flexibility index (Phi) is 3.21. The summed E-state index contributed by atoms with van der Waals surface area (Å²) in [5.41, 5.74) is 5.16. The first-order valence-electron chi connectivity index (χ1n) is 6.50. The molecule has 21 heavy (non-hydrogen) atoms. The maximum absolute atomic E-state index is 13.8. The number of furan rings is 1. The number of rotatable bonds is 4. The number of primary amides is 1. The first kappa shape index (κ1) is 13.4. The fourth-order valence-corrected chi connectivity index (χ4v) is 2.30. The Labute approximate surface area is 119 Å². The van der Waals surface area contributed by atoms with Crippen molar-refractivity contribution in [2.45, 2.75) is 12.3 Å². The number of hydrogen-bond acceptors (Lipinski definition) is 3. The summed E-state index contributed by atoms with van der Waals surface area (Å²) in [5.74, 6) is -1.07. The van der Waals surface area contributed by atoms with E-state index in [2.05, 4.69) is 5.32 Å². The molecule has 6 heteroatoms. The Morgan fingerprint density at radius 3 is 2.76 bits per heavy atom. The molecular weight excluding hydrogens is 275 g/mol. The highest BCUT2D eigenvalue weighted by atomic mass is 19.1. The largest absolute Gasteiger partial charge is 0.469 e. The molecule has 0 spiro atoms. The fraction of sp³-hybridized carbons (Fsp3) is 0.200. The van der Waals surface area contributed by atoms with Gasteiger partial charge in [0.25, 0.3) is 0 Å². The van der Waals surface area contributed by atoms with E-state index < -0.39 is 11.7 Å². The van der Waals surface area contributed by atoms with Crippen molar-refractivity contribution in [2.24, 2.45) is 11.7 Å². The van der Waals surface area contributed by atoms with E-state index in [1.54, 1.807) is 12.3 Å². The minimum Gasteiger partial charge on any atom is -0.469 e. The van der Waals surface area contributed by atoms with E-state index in [1.165, 1.54) is 12.1 Å². The molecule has 1 heterocycles. The van der Waals surface area contributed by atoms with Gasteiger partial charge in [-0.3, -0.25) is 9.59 Å². The molecule has 1 aromatic heterocycles. The molecule has 5 nitrogen and oxygen atoms in total. The van der Waals surface area contributed by atoms with E-state index in [0.29, 0.717) is 6.42 Å². The predicted molar refractivity (Wildman–Crippen MR) is 73.1 cm³/mol. The van der Waals surface area contributed by atoms with Crippen LogP contribution in [0.2, 0.25) is 0 Å². The van der Waals surface area contributed by atoms with Gasteiger partial charge in [-0.25, -0.2) is 4.39 Å². The zero-order chi connectivity index (χ0) is 15.0. The van der Waals surface area contributed by atoms with Crippen LogP contribution in [-0.2, 0) is 4.79 Å². The van der Waals surface area contributed by atoms with Crippen LogP contribution in [0.3, 0.4) is 0 Å². The van der Waals surface area contributed by atoms with E-state index in [0.717, 1.165) is 11.8 Å². The fourth-order valence-electron chi connectivity index (χ4n) is 2.30. The topological polar surface area (TPSA) is 85.3 Å². The number of hydrogen-bond donors (Lipinski definition) is 2. The molecule has 1 fully saturated rings. The summed E-state index contributed by atoms with van der Waals surface area (Å²) in [6.07, 6.45) is 2.24. The zero-order valence-corrected chi connectivity index (χ0v) is 11.0. The van der Waals surface area contributed by atoms with Crippen LogP contribution in [0.25, 0.3) is 0 Å². The summed E-state index contributed by atoms with van der Waals surface area (Å²) in [4.78, 5) is 23.0. The van der Waals surface area contributed by atoms with Crippen LogP contribution in [0, 0.1) is 11.7 Å². The minimum absolute atomic E-state index is 0.0371. The molecule has 1 aliphatic carbocycles. The van der Waals surface area contributed by atoms with E-state index in [4.69, 9.17) is 10.2 Å². The molecule has 0 radical (unpaired) electrons. The Morgan fingerprint density at radius 1 is 1.33 bits per heavy atom. The number of anilines is 1. The highest BCUT2D eigenvalue weighted by Crippen LogP contribution is 2.48. The van der Waals surface area contributed by atoms with E-state index in [-0.39, 0.29) is 29.0 Å². The van der Waals surface area contributed by atoms with Crippen molar-refractivity contribution in [1.82, 2.24) is 0 Å². The molecule has 2 unspecified atom stereocenters. The summed E-state index contributed by atoms with van der Waals surface area (Å²) >= 11 is 0. The van der Waals surface area contributed by atoms with Crippen molar-refractivity contribution in [3.05, 3.63) is 53.7 Å². The summed E-state index contributed by atoms with van der Waals surface area (Å²) in [5, 5.41) is 2.52. The standard InChI is InChI=1S/C15H13FN2O3/c16-11-6-8(14(17)19)3-4-12(11)18-15(20)10-7-9(10)13-2-1-5-21-13/h1-6,9-10H,7H2,(H2,17,19)(H,18,20). The third-order valence-corrected chi connectivity index (χ3v) is 3.55. The number of carbonyl (C=O) groups is 2. The third-order valence-electron chi connectivity index (χ3n) is 3.55. The van der Waals surface area contributed by atoms with Gasteiger partial charge in [0.05, 0.1) is 12.0 Å². The molecular formula is C15H13FN2O3. The van der Waals surface area contributed by atoms with Gasteiger partial charge in [-0.2, -0.15) is 0 Å². The van der Waals surface area contributed by atoms with Gasteiger partial charge in [0.2, 0.25) is 11.8 Å². The number of amides is 2. The van der Waals surface area contributed by atoms with Gasteiger partial charge in [-0.05, 0) is 36.8 Å². The molecule has 0 bridgehead atoms. The quantitative estimate of drug-likeness (QED) is 0.904. The lowest BCUT2D eigenvalue weighted by Gasteiger charge is -2.07. The Hall–Kier alpha value is -2.63. The van der Waals surface area contributed by atoms with Crippen molar-refractivity contribution in [3.63, 3.8) is 0 Å². The molecule has 3 N–H and O–H groups in total. The van der Waals surface area contributed by atoms with E-state index >= 15 is 0 Å². The van der Waals surface area contributed by atoms with Crippen LogP contribution in [0.4, 0.5) is 10.1 Å². The van der Waals surface area contributed by atoms with Gasteiger partial charge in [0.1, 0.15) is 11.6 Å². The molecule has 0 saturated heterocycles. The average molecular weight is 288 g/mol. The van der Waals surface area contributed by atoms with Crippen LogP contribution in [0.15, 0.2) is 41.0 Å². The molecule has 1 aliphatic rings. The summed E-state index contributed by atoms with van der Waals surface area (Å²) in [7, 11) is 0. The monoisotopic (exact) mass is 288 g/mol. The first-order chi connectivity index (χ1) is 10.1. The average Bonchev–Trinajstić information content (AvgIpc) is 3.07. The number of carbonyl (C=O) groups excluding carboxylic acids is 2. The number of benzene rings is 1. The maximum Gasteiger partial charge on any atom is 0.248 e. The molecule has 0 aliphatic heterocycles. The first-order valence-corrected chi connectivity index (χ1v) is 6.50. The normalized spacial score (nSPS) is 20.0. The van der Waals surface area contributed by atoms with Gasteiger partial charge in [-0.15, -0.1) is 0 Å². The van der Waals surface area contributed by atoms with Crippen molar-refractivity contribution in [3.8, 4) is 0 Å². The summed E-state index contributed by atoms with van der Waals surface area (Å²) in [6.45, 7) is 0. The summed E-state index contributed by atoms with van der Waals surface area (Å²) < 4.78 is 19.0. The van der Waals surface area contributed by atoms with Crippen LogP contribution < -0.4 is 11.1 Å². The molecule has 2 amide bonds. The molecule has 2 aromatic rings. The Bertz CT molecular complexity index is 697. The van der Waals surface area contributed by atoms with Crippen molar-refractivity contribution in [1.29, 1.82) is 0 Å². The van der Waals surface area contributed by atoms with E-state index in [1.807, 2.05) is 6.07 Å². The van der Waals surface area contributed by atoms with Gasteiger partial charge in [0.15, 0.2) is 0 Å². The van der Waals surface area contributed by atoms with Crippen molar-refractivity contribution in [2.75, 3.05) is 5.32 Å². The minimum atomic E-state index is -0.716. The van der Waals surface area contributed by atoms with Gasteiger partial charge < -0.3 is 15.5 Å². The third kappa shape index (κ3) is 2.65. The Balaban J connectivity index is 1.67. The second-order valence-corrected chi connectivity index (χ2v) is 5.01. The van der Waals surface area contributed by atoms with Crippen LogP contribution in [-0.4, -0.2) is 11.8 Å². The Morgan fingerprint density at radius 2 is 2.14 bits per heavy atom. The maximum atomic E-state index is 13.8. The highest BCUT2D eigenvalue weighted by Gasteiger charge is 2.45. The molecule has 108 valence electrons. The lowest BCUT2D eigenvalue weighted by atomic mass is 10.2. The molecule has 1 saturated carbocycles.